The van der Waals surface area contributed by atoms with E-state index < -0.39 is 0 Å². The van der Waals surface area contributed by atoms with Gasteiger partial charge in [0.15, 0.2) is 5.82 Å². The van der Waals surface area contributed by atoms with Crippen molar-refractivity contribution in [2.75, 3.05) is 18.0 Å². The summed E-state index contributed by atoms with van der Waals surface area (Å²) in [5, 5.41) is 0. The number of nitrogens with two attached hydrogens (primary N) is 1. The van der Waals surface area contributed by atoms with Gasteiger partial charge in [0, 0.05) is 30.9 Å². The molecule has 4 nitrogen and oxygen atoms in total. The Hall–Kier alpha value is -2.01. The molecule has 1 aromatic heterocycles. The molecule has 1 fully saturated rings. The van der Waals surface area contributed by atoms with Gasteiger partial charge < -0.3 is 10.6 Å². The van der Waals surface area contributed by atoms with Crippen LogP contribution in [0.1, 0.15) is 18.5 Å². The van der Waals surface area contributed by atoms with Gasteiger partial charge in [-0.15, -0.1) is 0 Å². The molecule has 1 aliphatic rings. The summed E-state index contributed by atoms with van der Waals surface area (Å²) in [7, 11) is 0. The zero-order chi connectivity index (χ0) is 14.8. The highest BCUT2D eigenvalue weighted by atomic mass is 19.1. The van der Waals surface area contributed by atoms with Crippen molar-refractivity contribution in [3.05, 3.63) is 41.8 Å². The number of hydrogen-bond donors (Lipinski definition) is 1. The first kappa shape index (κ1) is 13.9. The van der Waals surface area contributed by atoms with E-state index in [9.17, 15) is 4.39 Å². The molecule has 0 unspecified atom stereocenters. The van der Waals surface area contributed by atoms with Crippen LogP contribution in [-0.4, -0.2) is 29.1 Å². The molecule has 1 aromatic carbocycles. The highest BCUT2D eigenvalue weighted by Gasteiger charge is 2.19. The number of piperidine rings is 1. The lowest BCUT2D eigenvalue weighted by Crippen LogP contribution is -2.40. The van der Waals surface area contributed by atoms with E-state index in [1.165, 1.54) is 6.07 Å². The molecule has 3 rings (SSSR count). The fourth-order valence-electron chi connectivity index (χ4n) is 2.61. The highest BCUT2D eigenvalue weighted by Crippen LogP contribution is 2.24. The monoisotopic (exact) mass is 286 g/mol. The number of rotatable bonds is 2. The zero-order valence-electron chi connectivity index (χ0n) is 12.1. The Bertz CT molecular complexity index is 636. The van der Waals surface area contributed by atoms with E-state index in [0.29, 0.717) is 11.4 Å². The van der Waals surface area contributed by atoms with Gasteiger partial charge in [-0.3, -0.25) is 0 Å². The Morgan fingerprint density at radius 1 is 1.19 bits per heavy atom. The summed E-state index contributed by atoms with van der Waals surface area (Å²) in [5.74, 6) is 1.00. The van der Waals surface area contributed by atoms with Crippen molar-refractivity contribution >= 4 is 5.82 Å². The van der Waals surface area contributed by atoms with Crippen LogP contribution in [-0.2, 0) is 0 Å². The number of benzene rings is 1. The van der Waals surface area contributed by atoms with E-state index >= 15 is 0 Å². The van der Waals surface area contributed by atoms with E-state index in [2.05, 4.69) is 14.9 Å². The molecule has 5 heteroatoms. The van der Waals surface area contributed by atoms with E-state index in [1.807, 2.05) is 13.0 Å². The highest BCUT2D eigenvalue weighted by molar-refractivity contribution is 5.58. The standard InChI is InChI=1S/C16H19FN4/c1-11-10-15(21-8-6-12(18)7-9-21)20-16(19-11)13-4-2-3-5-14(13)17/h2-5,10,12H,6-9,18H2,1H3. The van der Waals surface area contributed by atoms with Gasteiger partial charge in [-0.05, 0) is 31.9 Å². The summed E-state index contributed by atoms with van der Waals surface area (Å²) in [6.45, 7) is 3.67. The SMILES string of the molecule is Cc1cc(N2CCC(N)CC2)nc(-c2ccccc2F)n1. The molecular weight excluding hydrogens is 267 g/mol. The Labute approximate surface area is 123 Å². The van der Waals surface area contributed by atoms with Crippen LogP contribution >= 0.6 is 0 Å². The van der Waals surface area contributed by atoms with Crippen LogP contribution in [0.5, 0.6) is 0 Å². The molecule has 0 spiro atoms. The van der Waals surface area contributed by atoms with Crippen LogP contribution in [0.15, 0.2) is 30.3 Å². The first-order chi connectivity index (χ1) is 10.1. The Morgan fingerprint density at radius 2 is 1.90 bits per heavy atom. The zero-order valence-corrected chi connectivity index (χ0v) is 12.1. The van der Waals surface area contributed by atoms with Gasteiger partial charge in [0.25, 0.3) is 0 Å². The molecule has 0 saturated carbocycles. The molecule has 0 atom stereocenters. The van der Waals surface area contributed by atoms with Gasteiger partial charge in [-0.2, -0.15) is 0 Å². The first-order valence-corrected chi connectivity index (χ1v) is 7.24. The van der Waals surface area contributed by atoms with Crippen molar-refractivity contribution in [3.63, 3.8) is 0 Å². The van der Waals surface area contributed by atoms with Gasteiger partial charge in [-0.1, -0.05) is 12.1 Å². The maximum absolute atomic E-state index is 13.9. The number of aromatic nitrogens is 2. The average Bonchev–Trinajstić information content (AvgIpc) is 2.48. The molecule has 2 aromatic rings. The van der Waals surface area contributed by atoms with Crippen LogP contribution < -0.4 is 10.6 Å². The summed E-state index contributed by atoms with van der Waals surface area (Å²) in [6, 6.07) is 8.82. The van der Waals surface area contributed by atoms with Crippen molar-refractivity contribution in [2.24, 2.45) is 5.73 Å². The quantitative estimate of drug-likeness (QED) is 0.921. The third kappa shape index (κ3) is 3.03. The molecular formula is C16H19FN4. The van der Waals surface area contributed by atoms with Gasteiger partial charge in [0.05, 0.1) is 5.56 Å². The third-order valence-electron chi connectivity index (χ3n) is 3.82. The van der Waals surface area contributed by atoms with Crippen molar-refractivity contribution < 1.29 is 4.39 Å². The minimum absolute atomic E-state index is 0.273. The molecule has 1 aliphatic heterocycles. The number of hydrogen-bond acceptors (Lipinski definition) is 4. The van der Waals surface area contributed by atoms with Crippen molar-refractivity contribution in [2.45, 2.75) is 25.8 Å². The van der Waals surface area contributed by atoms with Gasteiger partial charge in [0.1, 0.15) is 11.6 Å². The summed E-state index contributed by atoms with van der Waals surface area (Å²) in [6.07, 6.45) is 1.91. The maximum atomic E-state index is 13.9. The first-order valence-electron chi connectivity index (χ1n) is 7.24. The van der Waals surface area contributed by atoms with Crippen LogP contribution in [0, 0.1) is 12.7 Å². The molecule has 110 valence electrons. The summed E-state index contributed by atoms with van der Waals surface area (Å²) >= 11 is 0. The largest absolute Gasteiger partial charge is 0.356 e. The number of aryl methyl sites for hydroxylation is 1. The predicted octanol–water partition coefficient (Wildman–Crippen LogP) is 2.52. The Morgan fingerprint density at radius 3 is 2.62 bits per heavy atom. The topological polar surface area (TPSA) is 55.0 Å². The third-order valence-corrected chi connectivity index (χ3v) is 3.82. The minimum atomic E-state index is -0.297. The van der Waals surface area contributed by atoms with Crippen LogP contribution in [0.2, 0.25) is 0 Å². The summed E-state index contributed by atoms with van der Waals surface area (Å²) in [5.41, 5.74) is 7.22. The fourth-order valence-corrected chi connectivity index (χ4v) is 2.61. The Kier molecular flexibility index (Phi) is 3.84. The fraction of sp³-hybridized carbons (Fsp3) is 0.375. The smallest absolute Gasteiger partial charge is 0.164 e. The number of nitrogens with zero attached hydrogens (tertiary/aromatic N) is 3. The van der Waals surface area contributed by atoms with Crippen LogP contribution in [0.25, 0.3) is 11.4 Å². The minimum Gasteiger partial charge on any atom is -0.356 e. The maximum Gasteiger partial charge on any atom is 0.164 e. The summed E-state index contributed by atoms with van der Waals surface area (Å²) < 4.78 is 13.9. The summed E-state index contributed by atoms with van der Waals surface area (Å²) in [4.78, 5) is 11.1. The van der Waals surface area contributed by atoms with E-state index in [-0.39, 0.29) is 11.9 Å². The number of halogens is 1. The second kappa shape index (κ2) is 5.77. The lowest BCUT2D eigenvalue weighted by Gasteiger charge is -2.31. The lowest BCUT2D eigenvalue weighted by atomic mass is 10.1. The van der Waals surface area contributed by atoms with Gasteiger partial charge in [0.2, 0.25) is 0 Å². The van der Waals surface area contributed by atoms with Gasteiger partial charge >= 0.3 is 0 Å². The Balaban J connectivity index is 1.95. The lowest BCUT2D eigenvalue weighted by molar-refractivity contribution is 0.498. The number of anilines is 1. The molecule has 0 aliphatic carbocycles. The molecule has 21 heavy (non-hydrogen) atoms. The van der Waals surface area contributed by atoms with Crippen LogP contribution in [0.4, 0.5) is 10.2 Å². The van der Waals surface area contributed by atoms with Crippen LogP contribution in [0.3, 0.4) is 0 Å². The molecule has 0 radical (unpaired) electrons. The normalized spacial score (nSPS) is 16.2. The van der Waals surface area contributed by atoms with Crippen molar-refractivity contribution in [3.8, 4) is 11.4 Å². The van der Waals surface area contributed by atoms with Crippen molar-refractivity contribution in [1.29, 1.82) is 0 Å². The van der Waals surface area contributed by atoms with E-state index in [4.69, 9.17) is 5.73 Å². The predicted molar refractivity (Wildman–Crippen MR) is 81.6 cm³/mol. The van der Waals surface area contributed by atoms with E-state index in [0.717, 1.165) is 37.4 Å². The second-order valence-corrected chi connectivity index (χ2v) is 5.50. The molecule has 0 bridgehead atoms. The average molecular weight is 286 g/mol. The molecule has 0 amide bonds. The van der Waals surface area contributed by atoms with Gasteiger partial charge in [-0.25, -0.2) is 14.4 Å². The molecule has 2 N–H and O–H groups in total. The second-order valence-electron chi connectivity index (χ2n) is 5.50. The molecule has 2 heterocycles. The van der Waals surface area contributed by atoms with E-state index in [1.54, 1.807) is 18.2 Å². The molecule has 1 saturated heterocycles. The van der Waals surface area contributed by atoms with Crippen molar-refractivity contribution in [1.82, 2.24) is 9.97 Å².